The zero-order chi connectivity index (χ0) is 12.4. The summed E-state index contributed by atoms with van der Waals surface area (Å²) in [4.78, 5) is 5.28. The van der Waals surface area contributed by atoms with Gasteiger partial charge < -0.3 is 10.5 Å². The third kappa shape index (κ3) is 2.87. The molecule has 3 rings (SSSR count). The highest BCUT2D eigenvalue weighted by Crippen LogP contribution is 2.24. The van der Waals surface area contributed by atoms with Gasteiger partial charge in [-0.05, 0) is 51.2 Å². The standard InChI is InChI=1S/C14H27N3O/c15-8-12-3-6-17(9-12)13-4-5-16(10-13)11-14-2-1-7-18-14/h12-14H,1-11,15H2. The lowest BCUT2D eigenvalue weighted by Gasteiger charge is -2.25. The van der Waals surface area contributed by atoms with Gasteiger partial charge in [-0.1, -0.05) is 0 Å². The van der Waals surface area contributed by atoms with Crippen molar-refractivity contribution in [1.82, 2.24) is 9.80 Å². The van der Waals surface area contributed by atoms with E-state index in [4.69, 9.17) is 10.5 Å². The van der Waals surface area contributed by atoms with Gasteiger partial charge in [0.1, 0.15) is 0 Å². The number of hydrogen-bond donors (Lipinski definition) is 1. The lowest BCUT2D eigenvalue weighted by molar-refractivity contribution is 0.0781. The van der Waals surface area contributed by atoms with Crippen LogP contribution >= 0.6 is 0 Å². The second-order valence-electron chi connectivity index (χ2n) is 6.22. The van der Waals surface area contributed by atoms with Crippen molar-refractivity contribution in [3.8, 4) is 0 Å². The van der Waals surface area contributed by atoms with E-state index in [9.17, 15) is 0 Å². The van der Waals surface area contributed by atoms with Gasteiger partial charge in [-0.2, -0.15) is 0 Å². The zero-order valence-corrected chi connectivity index (χ0v) is 11.4. The Morgan fingerprint density at radius 2 is 2.06 bits per heavy atom. The van der Waals surface area contributed by atoms with E-state index in [0.717, 1.165) is 31.7 Å². The molecule has 2 N–H and O–H groups in total. The van der Waals surface area contributed by atoms with Crippen molar-refractivity contribution in [1.29, 1.82) is 0 Å². The highest BCUT2D eigenvalue weighted by molar-refractivity contribution is 4.89. The molecule has 0 aromatic carbocycles. The number of hydrogen-bond acceptors (Lipinski definition) is 4. The summed E-state index contributed by atoms with van der Waals surface area (Å²) in [6, 6.07) is 0.781. The minimum absolute atomic E-state index is 0.513. The predicted molar refractivity (Wildman–Crippen MR) is 72.6 cm³/mol. The first-order valence-electron chi connectivity index (χ1n) is 7.63. The second-order valence-corrected chi connectivity index (χ2v) is 6.22. The number of nitrogens with zero attached hydrogens (tertiary/aromatic N) is 2. The average molecular weight is 253 g/mol. The summed E-state index contributed by atoms with van der Waals surface area (Å²) in [5, 5.41) is 0. The van der Waals surface area contributed by atoms with Crippen molar-refractivity contribution in [2.45, 2.75) is 37.8 Å². The molecule has 4 nitrogen and oxygen atoms in total. The molecule has 3 aliphatic rings. The van der Waals surface area contributed by atoms with Crippen molar-refractivity contribution >= 4 is 0 Å². The molecule has 0 aromatic rings. The molecule has 0 spiro atoms. The Morgan fingerprint density at radius 3 is 2.78 bits per heavy atom. The lowest BCUT2D eigenvalue weighted by Crippen LogP contribution is -2.38. The molecule has 3 unspecified atom stereocenters. The van der Waals surface area contributed by atoms with E-state index in [1.165, 1.54) is 51.9 Å². The van der Waals surface area contributed by atoms with E-state index in [1.54, 1.807) is 0 Å². The molecule has 0 aliphatic carbocycles. The maximum atomic E-state index is 5.78. The molecule has 0 radical (unpaired) electrons. The van der Waals surface area contributed by atoms with Crippen LogP contribution in [0.2, 0.25) is 0 Å². The van der Waals surface area contributed by atoms with Gasteiger partial charge in [0, 0.05) is 32.3 Å². The lowest BCUT2D eigenvalue weighted by atomic mass is 10.1. The van der Waals surface area contributed by atoms with Crippen molar-refractivity contribution in [2.24, 2.45) is 11.7 Å². The van der Waals surface area contributed by atoms with Crippen molar-refractivity contribution in [3.05, 3.63) is 0 Å². The fourth-order valence-corrected chi connectivity index (χ4v) is 3.74. The molecule has 3 fully saturated rings. The van der Waals surface area contributed by atoms with Crippen LogP contribution in [-0.2, 0) is 4.74 Å². The normalized spacial score (nSPS) is 38.8. The molecular weight excluding hydrogens is 226 g/mol. The summed E-state index contributed by atoms with van der Waals surface area (Å²) in [5.74, 6) is 0.747. The number of rotatable bonds is 4. The highest BCUT2D eigenvalue weighted by Gasteiger charge is 2.33. The average Bonchev–Trinajstić information content (AvgIpc) is 3.09. The molecule has 3 aliphatic heterocycles. The van der Waals surface area contributed by atoms with Gasteiger partial charge in [0.25, 0.3) is 0 Å². The SMILES string of the molecule is NCC1CCN(C2CCN(CC3CCCO3)C2)C1. The summed E-state index contributed by atoms with van der Waals surface area (Å²) in [5.41, 5.74) is 5.78. The van der Waals surface area contributed by atoms with Crippen LogP contribution in [0.5, 0.6) is 0 Å². The molecular formula is C14H27N3O. The van der Waals surface area contributed by atoms with Crippen LogP contribution in [-0.4, -0.2) is 67.8 Å². The first kappa shape index (κ1) is 12.9. The van der Waals surface area contributed by atoms with Gasteiger partial charge in [-0.15, -0.1) is 0 Å². The zero-order valence-electron chi connectivity index (χ0n) is 11.4. The minimum atomic E-state index is 0.513. The molecule has 3 heterocycles. The van der Waals surface area contributed by atoms with Crippen LogP contribution in [0.1, 0.15) is 25.7 Å². The van der Waals surface area contributed by atoms with Gasteiger partial charge in [0.05, 0.1) is 6.10 Å². The topological polar surface area (TPSA) is 41.7 Å². The van der Waals surface area contributed by atoms with E-state index in [2.05, 4.69) is 9.80 Å². The van der Waals surface area contributed by atoms with Gasteiger partial charge in [-0.3, -0.25) is 9.80 Å². The monoisotopic (exact) mass is 253 g/mol. The van der Waals surface area contributed by atoms with Crippen molar-refractivity contribution < 1.29 is 4.74 Å². The minimum Gasteiger partial charge on any atom is -0.377 e. The van der Waals surface area contributed by atoms with Crippen LogP contribution in [0.15, 0.2) is 0 Å². The van der Waals surface area contributed by atoms with E-state index in [1.807, 2.05) is 0 Å². The smallest absolute Gasteiger partial charge is 0.0702 e. The van der Waals surface area contributed by atoms with Crippen molar-refractivity contribution in [3.63, 3.8) is 0 Å². The Kier molecular flexibility index (Phi) is 4.19. The maximum Gasteiger partial charge on any atom is 0.0702 e. The molecule has 0 bridgehead atoms. The molecule has 3 atom stereocenters. The predicted octanol–water partition coefficient (Wildman–Crippen LogP) is 0.520. The maximum absolute atomic E-state index is 5.78. The van der Waals surface area contributed by atoms with Gasteiger partial charge in [-0.25, -0.2) is 0 Å². The van der Waals surface area contributed by atoms with Crippen LogP contribution in [0.4, 0.5) is 0 Å². The molecule has 0 amide bonds. The first-order valence-corrected chi connectivity index (χ1v) is 7.63. The second kappa shape index (κ2) is 5.87. The molecule has 0 saturated carbocycles. The summed E-state index contributed by atoms with van der Waals surface area (Å²) in [7, 11) is 0. The van der Waals surface area contributed by atoms with Crippen LogP contribution in [0.25, 0.3) is 0 Å². The summed E-state index contributed by atoms with van der Waals surface area (Å²) >= 11 is 0. The number of nitrogens with two attached hydrogens (primary N) is 1. The quantitative estimate of drug-likeness (QED) is 0.793. The Hall–Kier alpha value is -0.160. The molecule has 3 saturated heterocycles. The highest BCUT2D eigenvalue weighted by atomic mass is 16.5. The van der Waals surface area contributed by atoms with Crippen LogP contribution < -0.4 is 5.73 Å². The van der Waals surface area contributed by atoms with Crippen LogP contribution in [0.3, 0.4) is 0 Å². The first-order chi connectivity index (χ1) is 8.85. The van der Waals surface area contributed by atoms with Crippen molar-refractivity contribution in [2.75, 3.05) is 45.9 Å². The molecule has 0 aromatic heterocycles. The fraction of sp³-hybridized carbons (Fsp3) is 1.00. The van der Waals surface area contributed by atoms with E-state index < -0.39 is 0 Å². The largest absolute Gasteiger partial charge is 0.377 e. The number of ether oxygens (including phenoxy) is 1. The van der Waals surface area contributed by atoms with Gasteiger partial charge >= 0.3 is 0 Å². The van der Waals surface area contributed by atoms with Gasteiger partial charge in [0.2, 0.25) is 0 Å². The molecule has 104 valence electrons. The Labute approximate surface area is 110 Å². The molecule has 4 heteroatoms. The Balaban J connectivity index is 1.43. The fourth-order valence-electron chi connectivity index (χ4n) is 3.74. The van der Waals surface area contributed by atoms with E-state index >= 15 is 0 Å². The van der Waals surface area contributed by atoms with Crippen LogP contribution in [0, 0.1) is 5.92 Å². The Morgan fingerprint density at radius 1 is 1.11 bits per heavy atom. The molecule has 18 heavy (non-hydrogen) atoms. The summed E-state index contributed by atoms with van der Waals surface area (Å²) in [6.07, 6.45) is 5.67. The third-order valence-electron chi connectivity index (χ3n) is 4.90. The third-order valence-corrected chi connectivity index (χ3v) is 4.90. The van der Waals surface area contributed by atoms with E-state index in [-0.39, 0.29) is 0 Å². The summed E-state index contributed by atoms with van der Waals surface area (Å²) < 4.78 is 5.74. The van der Waals surface area contributed by atoms with E-state index in [0.29, 0.717) is 6.10 Å². The summed E-state index contributed by atoms with van der Waals surface area (Å²) in [6.45, 7) is 8.00. The Bertz CT molecular complexity index is 268. The number of likely N-dealkylation sites (tertiary alicyclic amines) is 2. The van der Waals surface area contributed by atoms with Gasteiger partial charge in [0.15, 0.2) is 0 Å².